The zero-order valence-corrected chi connectivity index (χ0v) is 26.1. The van der Waals surface area contributed by atoms with Crippen molar-refractivity contribution in [2.24, 2.45) is 29.0 Å². The predicted octanol–water partition coefficient (Wildman–Crippen LogP) is -0.482. The molecule has 2 aromatic carbocycles. The second-order valence-corrected chi connectivity index (χ2v) is 11.1. The number of carboxylic acid groups (broad SMARTS) is 2. The van der Waals surface area contributed by atoms with Gasteiger partial charge >= 0.3 is 11.9 Å². The summed E-state index contributed by atoms with van der Waals surface area (Å²) in [4.78, 5) is 88.8. The molecule has 0 aromatic heterocycles. The van der Waals surface area contributed by atoms with E-state index in [4.69, 9.17) is 33.1 Å². The van der Waals surface area contributed by atoms with E-state index in [1.807, 2.05) is 0 Å². The topological polar surface area (TPSA) is 305 Å². The summed E-state index contributed by atoms with van der Waals surface area (Å²) in [6.07, 6.45) is 1.38. The highest BCUT2D eigenvalue weighted by Gasteiger charge is 2.42. The number of fused-ring (bicyclic) bond motifs is 1. The van der Waals surface area contributed by atoms with E-state index in [-0.39, 0.29) is 61.5 Å². The molecular weight excluding hydrogens is 630 g/mol. The van der Waals surface area contributed by atoms with Crippen LogP contribution in [0, 0.1) is 11.8 Å². The second-order valence-electron chi connectivity index (χ2n) is 11.1. The number of Topliss-reactive ketones (excluding diaryl/α,β-unsaturated/α-hetero) is 2. The molecule has 16 heteroatoms. The number of aliphatic carboxylic acids is 2. The zero-order valence-electron chi connectivity index (χ0n) is 26.1. The van der Waals surface area contributed by atoms with Crippen LogP contribution < -0.4 is 33.6 Å². The van der Waals surface area contributed by atoms with Crippen molar-refractivity contribution in [3.8, 4) is 0 Å². The smallest absolute Gasteiger partial charge is 0.320 e. The molecule has 1 fully saturated rings. The van der Waals surface area contributed by atoms with Gasteiger partial charge in [0, 0.05) is 47.9 Å². The van der Waals surface area contributed by atoms with Gasteiger partial charge in [-0.25, -0.2) is 0 Å². The maximum absolute atomic E-state index is 12.4. The Balaban J connectivity index is 0.000000264. The number of nitrogens with two attached hydrogens (primary N) is 4. The van der Waals surface area contributed by atoms with E-state index in [9.17, 15) is 38.4 Å². The van der Waals surface area contributed by atoms with Gasteiger partial charge in [-0.15, -0.1) is 0 Å². The van der Waals surface area contributed by atoms with Crippen molar-refractivity contribution in [2.75, 3.05) is 12.3 Å². The summed E-state index contributed by atoms with van der Waals surface area (Å²) >= 11 is 0. The first-order valence-corrected chi connectivity index (χ1v) is 15.0. The molecule has 1 saturated heterocycles. The van der Waals surface area contributed by atoms with Crippen molar-refractivity contribution >= 4 is 52.8 Å². The summed E-state index contributed by atoms with van der Waals surface area (Å²) in [7, 11) is 0. The van der Waals surface area contributed by atoms with Gasteiger partial charge in [-0.3, -0.25) is 49.0 Å². The Morgan fingerprint density at radius 1 is 0.854 bits per heavy atom. The third-order valence-corrected chi connectivity index (χ3v) is 7.61. The molecule has 258 valence electrons. The second kappa shape index (κ2) is 18.6. The zero-order chi connectivity index (χ0) is 36.0. The summed E-state index contributed by atoms with van der Waals surface area (Å²) in [5.74, 6) is -4.94. The van der Waals surface area contributed by atoms with Crippen molar-refractivity contribution < 1.29 is 48.6 Å². The Kier molecular flexibility index (Phi) is 15.0. The summed E-state index contributed by atoms with van der Waals surface area (Å²) in [6.45, 7) is -0.0975. The first-order valence-electron chi connectivity index (χ1n) is 15.0. The highest BCUT2D eigenvalue weighted by atomic mass is 16.4. The molecule has 1 aliphatic carbocycles. The Labute approximate surface area is 275 Å². The molecule has 1 aliphatic heterocycles. The lowest BCUT2D eigenvalue weighted by Crippen LogP contribution is -2.44. The van der Waals surface area contributed by atoms with Gasteiger partial charge in [-0.2, -0.15) is 0 Å². The summed E-state index contributed by atoms with van der Waals surface area (Å²) in [6, 6.07) is 11.9. The third-order valence-electron chi connectivity index (χ3n) is 7.61. The highest BCUT2D eigenvalue weighted by molar-refractivity contribution is 6.08. The fourth-order valence-corrected chi connectivity index (χ4v) is 4.96. The lowest BCUT2D eigenvalue weighted by atomic mass is 9.83. The van der Waals surface area contributed by atoms with Gasteiger partial charge in [-0.1, -0.05) is 42.5 Å². The third kappa shape index (κ3) is 12.0. The van der Waals surface area contributed by atoms with Crippen LogP contribution in [0.4, 0.5) is 5.69 Å². The average Bonchev–Trinajstić information content (AvgIpc) is 3.37. The van der Waals surface area contributed by atoms with Crippen LogP contribution in [-0.2, 0) is 35.2 Å². The number of carbonyl (C=O) groups is 8. The lowest BCUT2D eigenvalue weighted by Gasteiger charge is -2.24. The number of hydrogen-bond donors (Lipinski definition) is 8. The molecule has 4 unspecified atom stereocenters. The lowest BCUT2D eigenvalue weighted by molar-refractivity contribution is -0.140. The van der Waals surface area contributed by atoms with Crippen LogP contribution in [-0.4, -0.2) is 76.0 Å². The Hall–Kier alpha value is -5.48. The van der Waals surface area contributed by atoms with Crippen LogP contribution in [0.1, 0.15) is 64.8 Å². The molecule has 12 N–H and O–H groups in total. The van der Waals surface area contributed by atoms with Crippen LogP contribution in [0.15, 0.2) is 48.5 Å². The van der Waals surface area contributed by atoms with E-state index in [1.54, 1.807) is 48.5 Å². The summed E-state index contributed by atoms with van der Waals surface area (Å²) in [5, 5.41) is 22.1. The van der Waals surface area contributed by atoms with Crippen LogP contribution >= 0.6 is 0 Å². The van der Waals surface area contributed by atoms with E-state index in [2.05, 4.69) is 10.6 Å². The van der Waals surface area contributed by atoms with E-state index in [0.29, 0.717) is 36.1 Å². The molecule has 4 rings (SSSR count). The molecule has 0 radical (unpaired) electrons. The van der Waals surface area contributed by atoms with Gasteiger partial charge in [0.2, 0.25) is 23.6 Å². The molecule has 16 nitrogen and oxygen atoms in total. The minimum Gasteiger partial charge on any atom is -0.480 e. The monoisotopic (exact) mass is 670 g/mol. The predicted molar refractivity (Wildman–Crippen MR) is 171 cm³/mol. The Morgan fingerprint density at radius 3 is 2.02 bits per heavy atom. The van der Waals surface area contributed by atoms with Gasteiger partial charge in [0.1, 0.15) is 12.1 Å². The Bertz CT molecular complexity index is 1530. The number of amides is 4. The molecule has 0 saturated carbocycles. The van der Waals surface area contributed by atoms with Crippen molar-refractivity contribution in [2.45, 2.75) is 57.0 Å². The van der Waals surface area contributed by atoms with Crippen molar-refractivity contribution in [1.29, 1.82) is 0 Å². The molecular formula is C32H40N6O10. The number of piperidine rings is 1. The molecule has 2 aromatic rings. The number of primary amides is 2. The number of nitrogens with one attached hydrogen (secondary N) is 2. The minimum absolute atomic E-state index is 0.0213. The minimum atomic E-state index is -1.11. The van der Waals surface area contributed by atoms with Crippen molar-refractivity contribution in [3.05, 3.63) is 65.2 Å². The first-order chi connectivity index (χ1) is 22.6. The van der Waals surface area contributed by atoms with E-state index in [0.717, 1.165) is 5.56 Å². The number of imide groups is 1. The molecule has 1 heterocycles. The van der Waals surface area contributed by atoms with Gasteiger partial charge in [0.05, 0.1) is 6.54 Å². The number of hydrogen-bond acceptors (Lipinski definition) is 11. The van der Waals surface area contributed by atoms with E-state index in [1.165, 1.54) is 0 Å². The van der Waals surface area contributed by atoms with Crippen LogP contribution in [0.25, 0.3) is 0 Å². The van der Waals surface area contributed by atoms with E-state index < -0.39 is 41.8 Å². The average molecular weight is 671 g/mol. The number of carbonyl (C=O) groups excluding carboxylic acids is 6. The number of rotatable bonds is 13. The molecule has 2 aliphatic rings. The number of benzene rings is 2. The number of carboxylic acids is 2. The van der Waals surface area contributed by atoms with Crippen molar-refractivity contribution in [3.63, 3.8) is 0 Å². The van der Waals surface area contributed by atoms with Crippen LogP contribution in [0.3, 0.4) is 0 Å². The van der Waals surface area contributed by atoms with E-state index >= 15 is 0 Å². The maximum Gasteiger partial charge on any atom is 0.320 e. The standard InChI is InChI=1S/C14H14N2O3.C13H16N2O4.C5H10N2O3/c15-11-3-1-2-7-9(11)6-10(13(7)18)8-4-5-12(17)16-14(8)19;14-12(17)7-6-10(13(18)19)15-8-11(16)9-4-2-1-3-5-9;6-3(5(9)10)1-2-4(7)8/h1-3,8,10H,4-6,15H2,(H,16,17,19);1-5,10,15H,6-8H2,(H2,14,17)(H,18,19);3H,1-2,6H2,(H2,7,8)(H,9,10)/i;15+1;6+1. The van der Waals surface area contributed by atoms with Crippen LogP contribution in [0.5, 0.6) is 0 Å². The van der Waals surface area contributed by atoms with Gasteiger partial charge in [0.15, 0.2) is 11.6 Å². The molecule has 4 amide bonds. The SMILES string of the molecule is NC(=O)CCC([15NH2])C(=O)O.NC(=O)CCC([15NH]CC(=O)c1ccccc1)C(=O)O.Nc1cccc2c1CC(C1CCC(=O)NC1=O)C2=O. The fraction of sp³-hybridized carbons (Fsp3) is 0.375. The largest absolute Gasteiger partial charge is 0.480 e. The summed E-state index contributed by atoms with van der Waals surface area (Å²) < 4.78 is 0. The number of ketones is 2. The first kappa shape index (κ1) is 38.7. The number of nitrogen functional groups attached to an aromatic ring is 1. The Morgan fingerprint density at radius 2 is 1.48 bits per heavy atom. The molecule has 48 heavy (non-hydrogen) atoms. The quantitative estimate of drug-likeness (QED) is 0.0578. The fourth-order valence-electron chi connectivity index (χ4n) is 4.96. The summed E-state index contributed by atoms with van der Waals surface area (Å²) in [5.41, 5.74) is 23.2. The highest BCUT2D eigenvalue weighted by Crippen LogP contribution is 2.37. The number of anilines is 1. The normalized spacial score (nSPS) is 17.6. The molecule has 0 bridgehead atoms. The molecule has 4 atom stereocenters. The van der Waals surface area contributed by atoms with Gasteiger partial charge in [-0.05, 0) is 37.3 Å². The van der Waals surface area contributed by atoms with Gasteiger partial charge in [0.25, 0.3) is 0 Å². The maximum atomic E-state index is 12.4. The van der Waals surface area contributed by atoms with Crippen LogP contribution in [0.2, 0.25) is 0 Å². The van der Waals surface area contributed by atoms with Gasteiger partial charge < -0.3 is 33.1 Å². The van der Waals surface area contributed by atoms with Crippen molar-refractivity contribution in [1.82, 2.24) is 10.6 Å². The molecule has 0 spiro atoms.